The van der Waals surface area contributed by atoms with Gasteiger partial charge in [-0.15, -0.1) is 23.1 Å². The van der Waals surface area contributed by atoms with Crippen molar-refractivity contribution in [1.82, 2.24) is 15.2 Å². The van der Waals surface area contributed by atoms with Crippen LogP contribution < -0.4 is 27.6 Å². The molecule has 0 spiro atoms. The zero-order chi connectivity index (χ0) is 31.9. The zero-order valence-corrected chi connectivity index (χ0v) is 25.3. The van der Waals surface area contributed by atoms with Crippen molar-refractivity contribution in [3.63, 3.8) is 0 Å². The Morgan fingerprint density at radius 1 is 1.04 bits per heavy atom. The Balaban J connectivity index is 1.28. The fourth-order valence-corrected chi connectivity index (χ4v) is 7.63. The second-order valence-electron chi connectivity index (χ2n) is 10.4. The summed E-state index contributed by atoms with van der Waals surface area (Å²) in [5.74, 6) is -2.06. The van der Waals surface area contributed by atoms with Crippen molar-refractivity contribution >= 4 is 57.4 Å². The Labute approximate surface area is 263 Å². The number of anilines is 2. The van der Waals surface area contributed by atoms with Crippen LogP contribution >= 0.6 is 23.1 Å². The van der Waals surface area contributed by atoms with E-state index in [4.69, 9.17) is 21.0 Å². The molecule has 15 heteroatoms. The molecule has 0 radical (unpaired) electrons. The molecule has 1 aromatic heterocycles. The first-order valence-electron chi connectivity index (χ1n) is 13.6. The molecular weight excluding hydrogens is 620 g/mol. The molecule has 13 nitrogen and oxygen atoms in total. The first kappa shape index (κ1) is 30.0. The minimum Gasteiger partial charge on any atom is -0.452 e. The van der Waals surface area contributed by atoms with Gasteiger partial charge in [0.2, 0.25) is 16.8 Å². The Hall–Kier alpha value is -5.02. The maximum Gasteiger partial charge on any atom is 0.320 e. The maximum absolute atomic E-state index is 14.2. The quantitative estimate of drug-likeness (QED) is 0.0769. The van der Waals surface area contributed by atoms with Crippen LogP contribution in [0.15, 0.2) is 80.8 Å². The number of esters is 1. The van der Waals surface area contributed by atoms with Gasteiger partial charge in [-0.05, 0) is 11.1 Å². The highest BCUT2D eigenvalue weighted by atomic mass is 32.2. The highest BCUT2D eigenvalue weighted by Gasteiger charge is 2.61. The SMILES string of the molecule is CON=C(C(=O)NC1C(=O)N2CC(C(=O)OC(c3ccccc3)c3ccccc3)(c3c(N)c(=O)c3=O)CS[C@H]12)c1csc(N)n1. The van der Waals surface area contributed by atoms with Crippen LogP contribution in [-0.4, -0.2) is 64.2 Å². The summed E-state index contributed by atoms with van der Waals surface area (Å²) in [7, 11) is 1.27. The summed E-state index contributed by atoms with van der Waals surface area (Å²) in [6.07, 6.45) is -0.843. The van der Waals surface area contributed by atoms with Crippen molar-refractivity contribution in [3.8, 4) is 0 Å². The molecule has 2 saturated heterocycles. The van der Waals surface area contributed by atoms with Crippen LogP contribution in [0.4, 0.5) is 10.8 Å². The number of rotatable bonds is 9. The van der Waals surface area contributed by atoms with Crippen LogP contribution in [0.5, 0.6) is 0 Å². The lowest BCUT2D eigenvalue weighted by Gasteiger charge is -2.54. The van der Waals surface area contributed by atoms with Crippen LogP contribution in [0.2, 0.25) is 0 Å². The number of fused-ring (bicyclic) bond motifs is 1. The molecule has 45 heavy (non-hydrogen) atoms. The van der Waals surface area contributed by atoms with Crippen LogP contribution in [0.3, 0.4) is 0 Å². The van der Waals surface area contributed by atoms with Crippen LogP contribution in [0.1, 0.15) is 28.5 Å². The molecule has 3 aromatic carbocycles. The monoisotopic (exact) mass is 646 g/mol. The smallest absolute Gasteiger partial charge is 0.320 e. The molecule has 2 aliphatic rings. The fourth-order valence-electron chi connectivity index (χ4n) is 5.54. The van der Waals surface area contributed by atoms with Gasteiger partial charge in [-0.1, -0.05) is 65.8 Å². The van der Waals surface area contributed by atoms with E-state index in [1.54, 1.807) is 0 Å². The van der Waals surface area contributed by atoms with E-state index in [0.717, 1.165) is 23.1 Å². The average molecular weight is 647 g/mol. The number of hydrogen-bond donors (Lipinski definition) is 3. The van der Waals surface area contributed by atoms with Gasteiger partial charge < -0.3 is 31.3 Å². The number of nitrogens with one attached hydrogen (secondary N) is 1. The Kier molecular flexibility index (Phi) is 7.88. The molecule has 0 aliphatic carbocycles. The highest BCUT2D eigenvalue weighted by molar-refractivity contribution is 8.00. The third-order valence-corrected chi connectivity index (χ3v) is 9.98. The molecular formula is C30H26N6O7S2. The van der Waals surface area contributed by atoms with Crippen molar-refractivity contribution in [2.45, 2.75) is 22.9 Å². The van der Waals surface area contributed by atoms with Gasteiger partial charge >= 0.3 is 5.97 Å². The second kappa shape index (κ2) is 11.8. The number of nitrogen functional groups attached to an aromatic ring is 2. The lowest BCUT2D eigenvalue weighted by atomic mass is 9.76. The average Bonchev–Trinajstić information content (AvgIpc) is 3.50. The predicted molar refractivity (Wildman–Crippen MR) is 168 cm³/mol. The van der Waals surface area contributed by atoms with Crippen molar-refractivity contribution in [1.29, 1.82) is 0 Å². The Morgan fingerprint density at radius 2 is 1.69 bits per heavy atom. The van der Waals surface area contributed by atoms with E-state index in [-0.39, 0.29) is 40.1 Å². The van der Waals surface area contributed by atoms with Gasteiger partial charge in [0.15, 0.2) is 16.9 Å². The van der Waals surface area contributed by atoms with Gasteiger partial charge in [0.25, 0.3) is 5.91 Å². The highest BCUT2D eigenvalue weighted by Crippen LogP contribution is 2.45. The van der Waals surface area contributed by atoms with Gasteiger partial charge in [-0.3, -0.25) is 24.0 Å². The van der Waals surface area contributed by atoms with Gasteiger partial charge in [0.1, 0.15) is 29.6 Å². The first-order valence-corrected chi connectivity index (χ1v) is 15.5. The van der Waals surface area contributed by atoms with E-state index in [9.17, 15) is 24.0 Å². The number of carbonyl (C=O) groups is 3. The van der Waals surface area contributed by atoms with E-state index in [1.165, 1.54) is 17.4 Å². The molecule has 3 atom stereocenters. The second-order valence-corrected chi connectivity index (χ2v) is 12.4. The molecule has 2 unspecified atom stereocenters. The molecule has 0 bridgehead atoms. The number of benzene rings is 2. The molecule has 4 aromatic rings. The number of β-lactam (4-membered cyclic amide) rings is 1. The summed E-state index contributed by atoms with van der Waals surface area (Å²) >= 11 is 2.27. The van der Waals surface area contributed by atoms with E-state index in [1.807, 2.05) is 60.7 Å². The number of nitrogens with two attached hydrogens (primary N) is 2. The minimum absolute atomic E-state index is 0.0420. The zero-order valence-electron chi connectivity index (χ0n) is 23.7. The molecule has 3 heterocycles. The van der Waals surface area contributed by atoms with E-state index in [0.29, 0.717) is 11.1 Å². The third kappa shape index (κ3) is 5.13. The van der Waals surface area contributed by atoms with Gasteiger partial charge in [0.05, 0.1) is 11.3 Å². The van der Waals surface area contributed by atoms with Gasteiger partial charge in [-0.25, -0.2) is 4.98 Å². The number of oxime groups is 1. The van der Waals surface area contributed by atoms with Crippen molar-refractivity contribution in [2.24, 2.45) is 5.16 Å². The number of nitrogens with zero attached hydrogens (tertiary/aromatic N) is 3. The summed E-state index contributed by atoms with van der Waals surface area (Å²) in [5, 5.41) is 7.58. The van der Waals surface area contributed by atoms with Crippen molar-refractivity contribution < 1.29 is 24.0 Å². The van der Waals surface area contributed by atoms with E-state index < -0.39 is 51.6 Å². The molecule has 0 saturated carbocycles. The maximum atomic E-state index is 14.2. The number of aromatic nitrogens is 1. The standard InChI is InChI=1S/C30H26N6O7S2/c1-42-35-20(17-12-44-29(32)33-17)25(39)34-21-26(40)36-13-30(14-45-27(21)36,18-19(31)23(38)22(18)37)28(41)43-24(15-8-4-2-5-9-15)16-10-6-3-7-11-16/h2-12,21,24,27H,13-14,31H2,1H3,(H2,32,33)(H,34,39)/t21?,27-,30?/m1/s1. The van der Waals surface area contributed by atoms with Crippen molar-refractivity contribution in [2.75, 3.05) is 30.9 Å². The van der Waals surface area contributed by atoms with E-state index >= 15 is 0 Å². The number of thioether (sulfide) groups is 1. The Bertz CT molecular complexity index is 1850. The predicted octanol–water partition coefficient (Wildman–Crippen LogP) is 0.925. The topological polar surface area (TPSA) is 196 Å². The van der Waals surface area contributed by atoms with Crippen LogP contribution in [0.25, 0.3) is 0 Å². The normalized spacial score (nSPS) is 21.2. The summed E-state index contributed by atoms with van der Waals surface area (Å²) in [4.78, 5) is 76.1. The summed E-state index contributed by atoms with van der Waals surface area (Å²) in [6.45, 7) is -0.276. The van der Waals surface area contributed by atoms with Gasteiger partial charge in [0, 0.05) is 17.7 Å². The fraction of sp³-hybridized carbons (Fsp3) is 0.233. The number of thiazole rings is 1. The van der Waals surface area contributed by atoms with Crippen molar-refractivity contribution in [3.05, 3.63) is 109 Å². The number of hydrogen-bond acceptors (Lipinski definition) is 13. The van der Waals surface area contributed by atoms with Crippen LogP contribution in [0, 0.1) is 0 Å². The number of amides is 2. The molecule has 2 fully saturated rings. The number of ether oxygens (including phenoxy) is 1. The largest absolute Gasteiger partial charge is 0.452 e. The molecule has 230 valence electrons. The summed E-state index contributed by atoms with van der Waals surface area (Å²) in [6, 6.07) is 17.2. The molecule has 6 rings (SSSR count). The number of carbonyl (C=O) groups excluding carboxylic acids is 3. The van der Waals surface area contributed by atoms with Crippen LogP contribution in [-0.2, 0) is 29.4 Å². The third-order valence-electron chi connectivity index (χ3n) is 7.78. The van der Waals surface area contributed by atoms with Gasteiger partial charge in [-0.2, -0.15) is 0 Å². The molecule has 2 aliphatic heterocycles. The lowest BCUT2D eigenvalue weighted by molar-refractivity contribution is -0.160. The lowest BCUT2D eigenvalue weighted by Crippen LogP contribution is -2.75. The van der Waals surface area contributed by atoms with E-state index in [2.05, 4.69) is 15.5 Å². The minimum atomic E-state index is -1.72. The molecule has 2 amide bonds. The Morgan fingerprint density at radius 3 is 2.24 bits per heavy atom. The summed E-state index contributed by atoms with van der Waals surface area (Å²) < 4.78 is 6.14. The first-order chi connectivity index (χ1) is 21.7. The molecule has 5 N–H and O–H groups in total. The summed E-state index contributed by atoms with van der Waals surface area (Å²) in [5.41, 5.74) is 9.09.